The molecule has 2 aromatic carbocycles. The Labute approximate surface area is 167 Å². The van der Waals surface area contributed by atoms with Gasteiger partial charge >= 0.3 is 12.3 Å². The van der Waals surface area contributed by atoms with Crippen LogP contribution in [0.25, 0.3) is 22.0 Å². The molecule has 154 valence electrons. The summed E-state index contributed by atoms with van der Waals surface area (Å²) >= 11 is 0. The minimum atomic E-state index is -4.56. The molecule has 5 rings (SSSR count). The summed E-state index contributed by atoms with van der Waals surface area (Å²) in [7, 11) is 0. The Balaban J connectivity index is 1.57. The van der Waals surface area contributed by atoms with Gasteiger partial charge in [0.25, 0.3) is 5.56 Å². The number of hydrogen-bond acceptors (Lipinski definition) is 4. The molecule has 1 aliphatic carbocycles. The number of amides is 1. The van der Waals surface area contributed by atoms with Crippen molar-refractivity contribution in [3.8, 4) is 11.3 Å². The van der Waals surface area contributed by atoms with Gasteiger partial charge in [0, 0.05) is 28.8 Å². The van der Waals surface area contributed by atoms with E-state index in [4.69, 9.17) is 4.74 Å². The number of carbonyl (C=O) groups is 1. The van der Waals surface area contributed by atoms with E-state index >= 15 is 0 Å². The van der Waals surface area contributed by atoms with Crippen molar-refractivity contribution in [1.29, 1.82) is 0 Å². The Bertz CT molecular complexity index is 1250. The Morgan fingerprint density at radius 2 is 1.87 bits per heavy atom. The molecule has 2 heterocycles. The highest BCUT2D eigenvalue weighted by molar-refractivity contribution is 5.95. The van der Waals surface area contributed by atoms with Gasteiger partial charge in [0.1, 0.15) is 0 Å². The molecule has 1 saturated carbocycles. The van der Waals surface area contributed by atoms with E-state index in [1.807, 2.05) is 0 Å². The normalized spacial score (nSPS) is 23.3. The number of fused-ring (bicyclic) bond motifs is 1. The van der Waals surface area contributed by atoms with Crippen molar-refractivity contribution in [2.75, 3.05) is 11.4 Å². The van der Waals surface area contributed by atoms with Gasteiger partial charge in [-0.05, 0) is 29.7 Å². The Morgan fingerprint density at radius 1 is 1.13 bits per heavy atom. The molecule has 9 heteroatoms. The Kier molecular flexibility index (Phi) is 3.79. The maximum atomic E-state index is 13.3. The van der Waals surface area contributed by atoms with E-state index in [1.54, 1.807) is 12.1 Å². The smallest absolute Gasteiger partial charge is 0.417 e. The van der Waals surface area contributed by atoms with Gasteiger partial charge in [-0.2, -0.15) is 13.2 Å². The zero-order valence-electron chi connectivity index (χ0n) is 15.4. The summed E-state index contributed by atoms with van der Waals surface area (Å²) in [5.41, 5.74) is -1.96. The minimum absolute atomic E-state index is 0.0498. The highest BCUT2D eigenvalue weighted by atomic mass is 19.4. The zero-order chi connectivity index (χ0) is 21.3. The molecule has 1 saturated heterocycles. The summed E-state index contributed by atoms with van der Waals surface area (Å²) in [6.07, 6.45) is -5.51. The van der Waals surface area contributed by atoms with Crippen LogP contribution < -0.4 is 10.5 Å². The molecule has 0 radical (unpaired) electrons. The van der Waals surface area contributed by atoms with E-state index < -0.39 is 35.1 Å². The summed E-state index contributed by atoms with van der Waals surface area (Å²) in [4.78, 5) is 28.7. The monoisotopic (exact) mass is 416 g/mol. The van der Waals surface area contributed by atoms with Crippen LogP contribution >= 0.6 is 0 Å². The largest absolute Gasteiger partial charge is 0.438 e. The van der Waals surface area contributed by atoms with Gasteiger partial charge < -0.3 is 14.8 Å². The number of nitrogens with zero attached hydrogens (tertiary/aromatic N) is 1. The topological polar surface area (TPSA) is 82.6 Å². The lowest BCUT2D eigenvalue weighted by atomic mass is 10.0. The van der Waals surface area contributed by atoms with Gasteiger partial charge in [-0.15, -0.1) is 0 Å². The van der Waals surface area contributed by atoms with Gasteiger partial charge in [0.2, 0.25) is 0 Å². The number of ether oxygens (including phenoxy) is 1. The summed E-state index contributed by atoms with van der Waals surface area (Å²) in [5.74, 6) is 0. The van der Waals surface area contributed by atoms with Gasteiger partial charge in [-0.3, -0.25) is 9.69 Å². The lowest BCUT2D eigenvalue weighted by molar-refractivity contribution is -0.137. The number of halogens is 3. The number of alkyl halides is 3. The van der Waals surface area contributed by atoms with Gasteiger partial charge in [0.15, 0.2) is 5.60 Å². The first-order valence-corrected chi connectivity index (χ1v) is 9.20. The van der Waals surface area contributed by atoms with E-state index in [1.165, 1.54) is 35.2 Å². The highest BCUT2D eigenvalue weighted by Gasteiger charge is 2.63. The summed E-state index contributed by atoms with van der Waals surface area (Å²) in [6, 6.07) is 11.1. The van der Waals surface area contributed by atoms with Crippen LogP contribution in [0.5, 0.6) is 0 Å². The third-order valence-electron chi connectivity index (χ3n) is 5.59. The van der Waals surface area contributed by atoms with Crippen LogP contribution in [-0.2, 0) is 10.9 Å². The maximum absolute atomic E-state index is 13.3. The molecular formula is C21H15F3N2O4. The molecule has 0 bridgehead atoms. The van der Waals surface area contributed by atoms with Crippen LogP contribution in [0.3, 0.4) is 0 Å². The van der Waals surface area contributed by atoms with Gasteiger partial charge in [-0.1, -0.05) is 24.3 Å². The molecule has 30 heavy (non-hydrogen) atoms. The number of aliphatic hydroxyl groups excluding tert-OH is 1. The summed E-state index contributed by atoms with van der Waals surface area (Å²) < 4.78 is 45.3. The number of H-pyrrole nitrogens is 1. The van der Waals surface area contributed by atoms with Crippen molar-refractivity contribution < 1.29 is 27.8 Å². The third kappa shape index (κ3) is 2.85. The number of aliphatic hydroxyl groups is 1. The fourth-order valence-corrected chi connectivity index (χ4v) is 3.86. The van der Waals surface area contributed by atoms with Gasteiger partial charge in [-0.25, -0.2) is 4.79 Å². The van der Waals surface area contributed by atoms with Crippen molar-refractivity contribution in [2.45, 2.75) is 24.3 Å². The number of aromatic amines is 1. The highest BCUT2D eigenvalue weighted by Crippen LogP contribution is 2.46. The first-order valence-electron chi connectivity index (χ1n) is 9.20. The lowest BCUT2D eigenvalue weighted by Crippen LogP contribution is -2.26. The first-order chi connectivity index (χ1) is 14.2. The van der Waals surface area contributed by atoms with Crippen LogP contribution in [0, 0.1) is 0 Å². The zero-order valence-corrected chi connectivity index (χ0v) is 15.4. The minimum Gasteiger partial charge on any atom is -0.438 e. The number of anilines is 1. The number of benzene rings is 2. The van der Waals surface area contributed by atoms with Crippen LogP contribution in [-0.4, -0.2) is 34.4 Å². The molecular weight excluding hydrogens is 401 g/mol. The molecule has 3 aromatic rings. The van der Waals surface area contributed by atoms with Crippen LogP contribution in [0.4, 0.5) is 23.7 Å². The second kappa shape index (κ2) is 6.09. The molecule has 1 amide bonds. The average Bonchev–Trinajstić information content (AvgIpc) is 3.18. The van der Waals surface area contributed by atoms with E-state index in [0.29, 0.717) is 17.5 Å². The van der Waals surface area contributed by atoms with E-state index in [9.17, 15) is 27.9 Å². The van der Waals surface area contributed by atoms with Crippen molar-refractivity contribution in [3.63, 3.8) is 0 Å². The van der Waals surface area contributed by atoms with Crippen molar-refractivity contribution in [3.05, 3.63) is 64.4 Å². The van der Waals surface area contributed by atoms with Crippen molar-refractivity contribution in [2.24, 2.45) is 0 Å². The summed E-state index contributed by atoms with van der Waals surface area (Å²) in [6.45, 7) is 0.174. The molecule has 1 aliphatic heterocycles. The lowest BCUT2D eigenvalue weighted by Gasteiger charge is -2.15. The van der Waals surface area contributed by atoms with Gasteiger partial charge in [0.05, 0.1) is 18.2 Å². The van der Waals surface area contributed by atoms with E-state index in [0.717, 1.165) is 6.07 Å². The van der Waals surface area contributed by atoms with Crippen LogP contribution in [0.15, 0.2) is 53.3 Å². The maximum Gasteiger partial charge on any atom is 0.417 e. The number of nitrogens with one attached hydrogen (secondary N) is 1. The number of aromatic nitrogens is 1. The number of rotatable bonds is 2. The number of carbonyl (C=O) groups excluding carboxylic acids is 1. The quantitative estimate of drug-likeness (QED) is 0.668. The molecule has 2 fully saturated rings. The Hall–Kier alpha value is -3.33. The Morgan fingerprint density at radius 3 is 2.53 bits per heavy atom. The second-order valence-corrected chi connectivity index (χ2v) is 7.57. The number of pyridine rings is 1. The van der Waals surface area contributed by atoms with Crippen molar-refractivity contribution in [1.82, 2.24) is 4.98 Å². The molecule has 1 aromatic heterocycles. The van der Waals surface area contributed by atoms with Crippen molar-refractivity contribution >= 4 is 22.6 Å². The van der Waals surface area contributed by atoms with Crippen LogP contribution in [0.1, 0.15) is 12.0 Å². The summed E-state index contributed by atoms with van der Waals surface area (Å²) in [5, 5.41) is 10.4. The molecule has 2 atom stereocenters. The molecule has 1 spiro atoms. The predicted octanol–water partition coefficient (Wildman–Crippen LogP) is 3.67. The fraction of sp³-hybridized carbons (Fsp3) is 0.238. The molecule has 2 aliphatic rings. The SMILES string of the molecule is O=C1OC2(CC2O)CN1c1ccc2cc(-c3ccccc3C(F)(F)F)[nH]c(=O)c2c1. The fourth-order valence-electron chi connectivity index (χ4n) is 3.86. The molecule has 2 N–H and O–H groups in total. The number of hydrogen-bond donors (Lipinski definition) is 2. The van der Waals surface area contributed by atoms with E-state index in [2.05, 4.69) is 4.98 Å². The standard InChI is InChI=1S/C21H15F3N2O4/c22-21(23,24)15-4-2-1-3-13(15)16-7-11-5-6-12(8-14(11)18(28)25-16)26-10-20(9-17(20)27)30-19(26)29/h1-8,17,27H,9-10H2,(H,25,28). The predicted molar refractivity (Wildman–Crippen MR) is 102 cm³/mol. The average molecular weight is 416 g/mol. The third-order valence-corrected chi connectivity index (χ3v) is 5.59. The molecule has 2 unspecified atom stereocenters. The van der Waals surface area contributed by atoms with E-state index in [-0.39, 0.29) is 23.2 Å². The van der Waals surface area contributed by atoms with Crippen LogP contribution in [0.2, 0.25) is 0 Å². The second-order valence-electron chi connectivity index (χ2n) is 7.57. The molecule has 6 nitrogen and oxygen atoms in total. The first kappa shape index (κ1) is 18.7.